The number of aromatic hydroxyl groups is 1. The summed E-state index contributed by atoms with van der Waals surface area (Å²) in [5.41, 5.74) is 1.99. The van der Waals surface area contributed by atoms with E-state index in [1.165, 1.54) is 18.2 Å². The predicted molar refractivity (Wildman–Crippen MR) is 44.9 cm³/mol. The third-order valence-corrected chi connectivity index (χ3v) is 1.65. The molecular formula is C7H7ClN2O2. The SMILES string of the molecule is N=C(NO)c1ccc(O)cc1Cl. The molecule has 0 saturated heterocycles. The third kappa shape index (κ3) is 1.66. The quantitative estimate of drug-likeness (QED) is 0.304. The molecule has 0 amide bonds. The molecule has 0 fully saturated rings. The number of rotatable bonds is 1. The minimum Gasteiger partial charge on any atom is -0.508 e. The number of hydrogen-bond acceptors (Lipinski definition) is 3. The Labute approximate surface area is 73.9 Å². The first-order valence-corrected chi connectivity index (χ1v) is 3.50. The van der Waals surface area contributed by atoms with Crippen LogP contribution in [-0.4, -0.2) is 16.1 Å². The van der Waals surface area contributed by atoms with E-state index in [2.05, 4.69) is 0 Å². The number of benzene rings is 1. The Hall–Kier alpha value is -1.26. The molecule has 1 aromatic carbocycles. The maximum Gasteiger partial charge on any atom is 0.150 e. The van der Waals surface area contributed by atoms with Crippen molar-refractivity contribution in [3.05, 3.63) is 28.8 Å². The highest BCUT2D eigenvalue weighted by Crippen LogP contribution is 2.20. The third-order valence-electron chi connectivity index (χ3n) is 1.33. The van der Waals surface area contributed by atoms with Gasteiger partial charge in [-0.05, 0) is 18.2 Å². The lowest BCUT2D eigenvalue weighted by molar-refractivity contribution is 0.234. The van der Waals surface area contributed by atoms with Crippen molar-refractivity contribution in [2.45, 2.75) is 0 Å². The highest BCUT2D eigenvalue weighted by atomic mass is 35.5. The van der Waals surface area contributed by atoms with Crippen LogP contribution in [0.2, 0.25) is 5.02 Å². The zero-order valence-corrected chi connectivity index (χ0v) is 6.76. The molecule has 0 aliphatic rings. The standard InChI is InChI=1S/C7H7ClN2O2/c8-6-3-4(11)1-2-5(6)7(9)10-12/h1-3,11-12H,(H2,9,10). The number of amidine groups is 1. The van der Waals surface area contributed by atoms with E-state index >= 15 is 0 Å². The van der Waals surface area contributed by atoms with Gasteiger partial charge < -0.3 is 5.11 Å². The molecule has 0 radical (unpaired) electrons. The lowest BCUT2D eigenvalue weighted by Crippen LogP contribution is -2.18. The maximum absolute atomic E-state index is 8.95. The summed E-state index contributed by atoms with van der Waals surface area (Å²) in [6.45, 7) is 0. The van der Waals surface area contributed by atoms with Crippen molar-refractivity contribution in [1.82, 2.24) is 5.48 Å². The van der Waals surface area contributed by atoms with Crippen molar-refractivity contribution in [2.24, 2.45) is 0 Å². The largest absolute Gasteiger partial charge is 0.508 e. The van der Waals surface area contributed by atoms with Crippen LogP contribution in [-0.2, 0) is 0 Å². The van der Waals surface area contributed by atoms with Gasteiger partial charge in [0.05, 0.1) is 5.02 Å². The van der Waals surface area contributed by atoms with Crippen LogP contribution < -0.4 is 5.48 Å². The Kier molecular flexibility index (Phi) is 2.52. The van der Waals surface area contributed by atoms with Gasteiger partial charge in [-0.15, -0.1) is 0 Å². The molecule has 12 heavy (non-hydrogen) atoms. The van der Waals surface area contributed by atoms with Crippen molar-refractivity contribution in [3.8, 4) is 5.75 Å². The average Bonchev–Trinajstić information content (AvgIpc) is 2.03. The smallest absolute Gasteiger partial charge is 0.150 e. The minimum atomic E-state index is -0.208. The topological polar surface area (TPSA) is 76.3 Å². The van der Waals surface area contributed by atoms with Crippen molar-refractivity contribution in [2.75, 3.05) is 0 Å². The summed E-state index contributed by atoms with van der Waals surface area (Å²) in [4.78, 5) is 0. The zero-order valence-electron chi connectivity index (χ0n) is 6.00. The second-order valence-corrected chi connectivity index (χ2v) is 2.56. The molecule has 0 aliphatic heterocycles. The second-order valence-electron chi connectivity index (χ2n) is 2.15. The second kappa shape index (κ2) is 3.42. The van der Waals surface area contributed by atoms with Gasteiger partial charge in [0.2, 0.25) is 0 Å². The minimum absolute atomic E-state index is 0.0227. The van der Waals surface area contributed by atoms with E-state index in [0.29, 0.717) is 5.56 Å². The highest BCUT2D eigenvalue weighted by Gasteiger charge is 2.05. The van der Waals surface area contributed by atoms with E-state index in [0.717, 1.165) is 0 Å². The molecule has 5 heteroatoms. The van der Waals surface area contributed by atoms with Gasteiger partial charge in [-0.2, -0.15) is 0 Å². The monoisotopic (exact) mass is 186 g/mol. The fraction of sp³-hybridized carbons (Fsp3) is 0. The first-order valence-electron chi connectivity index (χ1n) is 3.12. The molecule has 0 unspecified atom stereocenters. The highest BCUT2D eigenvalue weighted by molar-refractivity contribution is 6.34. The van der Waals surface area contributed by atoms with Gasteiger partial charge >= 0.3 is 0 Å². The zero-order chi connectivity index (χ0) is 9.14. The summed E-state index contributed by atoms with van der Waals surface area (Å²) in [6.07, 6.45) is 0. The molecule has 0 bridgehead atoms. The fourth-order valence-corrected chi connectivity index (χ4v) is 1.04. The van der Waals surface area contributed by atoms with Crippen molar-refractivity contribution in [1.29, 1.82) is 5.41 Å². The number of halogens is 1. The molecule has 0 aliphatic carbocycles. The summed E-state index contributed by atoms with van der Waals surface area (Å²) in [7, 11) is 0. The molecule has 0 heterocycles. The molecule has 4 nitrogen and oxygen atoms in total. The Morgan fingerprint density at radius 3 is 2.67 bits per heavy atom. The molecule has 1 aromatic rings. The van der Waals surface area contributed by atoms with Crippen LogP contribution in [0.15, 0.2) is 18.2 Å². The fourth-order valence-electron chi connectivity index (χ4n) is 0.767. The first-order chi connectivity index (χ1) is 5.65. The molecule has 64 valence electrons. The molecular weight excluding hydrogens is 180 g/mol. The number of hydroxylamine groups is 1. The Morgan fingerprint density at radius 2 is 2.17 bits per heavy atom. The van der Waals surface area contributed by atoms with Crippen LogP contribution >= 0.6 is 11.6 Å². The summed E-state index contributed by atoms with van der Waals surface area (Å²) < 4.78 is 0. The van der Waals surface area contributed by atoms with Gasteiger partial charge in [0.25, 0.3) is 0 Å². The molecule has 0 saturated carbocycles. The summed E-state index contributed by atoms with van der Waals surface area (Å²) in [6, 6.07) is 4.11. The summed E-state index contributed by atoms with van der Waals surface area (Å²) >= 11 is 5.65. The van der Waals surface area contributed by atoms with Crippen molar-refractivity contribution >= 4 is 17.4 Å². The van der Waals surface area contributed by atoms with Crippen LogP contribution in [0.3, 0.4) is 0 Å². The van der Waals surface area contributed by atoms with Crippen molar-refractivity contribution in [3.63, 3.8) is 0 Å². The molecule has 1 rings (SSSR count). The Balaban J connectivity index is 3.09. The van der Waals surface area contributed by atoms with Crippen LogP contribution in [0.4, 0.5) is 0 Å². The normalized spacial score (nSPS) is 9.50. The number of hydrogen-bond donors (Lipinski definition) is 4. The van der Waals surface area contributed by atoms with E-state index in [1.807, 2.05) is 0 Å². The molecule has 0 atom stereocenters. The summed E-state index contributed by atoms with van der Waals surface area (Å²) in [5.74, 6) is -0.186. The van der Waals surface area contributed by atoms with E-state index in [9.17, 15) is 0 Å². The number of nitrogens with one attached hydrogen (secondary N) is 2. The van der Waals surface area contributed by atoms with E-state index in [4.69, 9.17) is 27.3 Å². The first kappa shape index (κ1) is 8.83. The molecule has 4 N–H and O–H groups in total. The maximum atomic E-state index is 8.95. The van der Waals surface area contributed by atoms with E-state index < -0.39 is 0 Å². The lowest BCUT2D eigenvalue weighted by atomic mass is 10.2. The van der Waals surface area contributed by atoms with Crippen LogP contribution in [0, 0.1) is 5.41 Å². The molecule has 0 aromatic heterocycles. The van der Waals surface area contributed by atoms with Gasteiger partial charge in [0.1, 0.15) is 5.75 Å². The Bertz CT molecular complexity index is 314. The summed E-state index contributed by atoms with van der Waals surface area (Å²) in [5, 5.41) is 24.7. The van der Waals surface area contributed by atoms with E-state index in [1.54, 1.807) is 5.48 Å². The lowest BCUT2D eigenvalue weighted by Gasteiger charge is -2.03. The van der Waals surface area contributed by atoms with Gasteiger partial charge in [0.15, 0.2) is 5.84 Å². The van der Waals surface area contributed by atoms with Crippen LogP contribution in [0.1, 0.15) is 5.56 Å². The number of phenols is 1. The predicted octanol–water partition coefficient (Wildman–Crippen LogP) is 1.35. The average molecular weight is 187 g/mol. The van der Waals surface area contributed by atoms with Gasteiger partial charge in [0, 0.05) is 5.56 Å². The van der Waals surface area contributed by atoms with Gasteiger partial charge in [-0.3, -0.25) is 16.1 Å². The molecule has 0 spiro atoms. The van der Waals surface area contributed by atoms with Gasteiger partial charge in [-0.1, -0.05) is 11.6 Å². The number of phenolic OH excluding ortho intramolecular Hbond substituents is 1. The van der Waals surface area contributed by atoms with Crippen LogP contribution in [0.5, 0.6) is 5.75 Å². The van der Waals surface area contributed by atoms with E-state index in [-0.39, 0.29) is 16.6 Å². The van der Waals surface area contributed by atoms with Crippen LogP contribution in [0.25, 0.3) is 0 Å². The van der Waals surface area contributed by atoms with Gasteiger partial charge in [-0.25, -0.2) is 0 Å². The van der Waals surface area contributed by atoms with Crippen molar-refractivity contribution < 1.29 is 10.3 Å². The Morgan fingerprint density at radius 1 is 1.50 bits per heavy atom.